The van der Waals surface area contributed by atoms with Crippen LogP contribution in [0.3, 0.4) is 0 Å². The molecule has 0 amide bonds. The Bertz CT molecular complexity index is 1220. The van der Waals surface area contributed by atoms with Crippen molar-refractivity contribution in [3.8, 4) is 5.75 Å². The number of rotatable bonds is 8. The summed E-state index contributed by atoms with van der Waals surface area (Å²) in [5, 5.41) is 16.2. The first kappa shape index (κ1) is 20.1. The summed E-state index contributed by atoms with van der Waals surface area (Å²) in [6, 6.07) is 13.3. The maximum Gasteiger partial charge on any atom is 0.176 e. The first-order chi connectivity index (χ1) is 15.2. The molecule has 0 saturated heterocycles. The second-order valence-electron chi connectivity index (χ2n) is 6.29. The van der Waals surface area contributed by atoms with E-state index in [1.165, 1.54) is 31.0 Å². The van der Waals surface area contributed by atoms with E-state index in [-0.39, 0.29) is 19.0 Å². The number of aliphatic hydroxyl groups is 1. The Morgan fingerprint density at radius 2 is 1.74 bits per heavy atom. The molecular formula is C21H18FN7O2. The fraction of sp³-hybridized carbons (Fsp3) is 0.0952. The normalized spacial score (nSPS) is 11.0. The van der Waals surface area contributed by atoms with Gasteiger partial charge in [0.25, 0.3) is 0 Å². The predicted octanol–water partition coefficient (Wildman–Crippen LogP) is 3.12. The van der Waals surface area contributed by atoms with Crippen LogP contribution in [0.1, 0.15) is 5.56 Å². The van der Waals surface area contributed by atoms with Gasteiger partial charge >= 0.3 is 0 Å². The summed E-state index contributed by atoms with van der Waals surface area (Å²) in [5.41, 5.74) is 5.10. The van der Waals surface area contributed by atoms with Gasteiger partial charge < -0.3 is 15.2 Å². The Hall–Kier alpha value is -4.18. The molecule has 10 heteroatoms. The molecule has 2 aromatic heterocycles. The van der Waals surface area contributed by atoms with E-state index in [1.54, 1.807) is 24.3 Å². The van der Waals surface area contributed by atoms with Crippen molar-refractivity contribution >= 4 is 34.6 Å². The van der Waals surface area contributed by atoms with Crippen molar-refractivity contribution in [3.05, 3.63) is 72.6 Å². The molecule has 3 N–H and O–H groups in total. The van der Waals surface area contributed by atoms with E-state index in [2.05, 4.69) is 35.8 Å². The molecule has 2 aromatic carbocycles. The third-order valence-electron chi connectivity index (χ3n) is 4.11. The summed E-state index contributed by atoms with van der Waals surface area (Å²) >= 11 is 0. The van der Waals surface area contributed by atoms with Crippen LogP contribution < -0.4 is 15.5 Å². The van der Waals surface area contributed by atoms with Crippen LogP contribution in [0.2, 0.25) is 0 Å². The highest BCUT2D eigenvalue weighted by Gasteiger charge is 2.10. The van der Waals surface area contributed by atoms with Crippen LogP contribution in [-0.2, 0) is 0 Å². The number of nitrogens with one attached hydrogen (secondary N) is 2. The van der Waals surface area contributed by atoms with Gasteiger partial charge in [-0.05, 0) is 29.8 Å². The third kappa shape index (κ3) is 5.06. The highest BCUT2D eigenvalue weighted by atomic mass is 19.1. The number of hydrazone groups is 1. The molecule has 156 valence electrons. The van der Waals surface area contributed by atoms with Gasteiger partial charge in [0.1, 0.15) is 41.9 Å². The summed E-state index contributed by atoms with van der Waals surface area (Å²) in [4.78, 5) is 17.0. The number of aliphatic hydroxyl groups excluding tert-OH is 1. The minimum absolute atomic E-state index is 0.0669. The molecular weight excluding hydrogens is 401 g/mol. The Morgan fingerprint density at radius 3 is 2.55 bits per heavy atom. The lowest BCUT2D eigenvalue weighted by Gasteiger charge is -2.10. The SMILES string of the molecule is OCCOc1cccc(Nc2ncnc3c(N/N=C/c4cccc(F)c4)ncnc23)c1. The number of aromatic nitrogens is 4. The van der Waals surface area contributed by atoms with Gasteiger partial charge in [0.05, 0.1) is 12.8 Å². The Labute approximate surface area is 176 Å². The second kappa shape index (κ2) is 9.55. The summed E-state index contributed by atoms with van der Waals surface area (Å²) in [6.07, 6.45) is 4.24. The van der Waals surface area contributed by atoms with Crippen molar-refractivity contribution in [2.45, 2.75) is 0 Å². The zero-order chi connectivity index (χ0) is 21.5. The van der Waals surface area contributed by atoms with Crippen LogP contribution in [0.5, 0.6) is 5.75 Å². The molecule has 0 atom stereocenters. The van der Waals surface area contributed by atoms with Crippen molar-refractivity contribution in [3.63, 3.8) is 0 Å². The molecule has 4 rings (SSSR count). The van der Waals surface area contributed by atoms with Crippen molar-refractivity contribution < 1.29 is 14.2 Å². The van der Waals surface area contributed by atoms with Gasteiger partial charge in [-0.15, -0.1) is 0 Å². The number of halogens is 1. The van der Waals surface area contributed by atoms with Crippen molar-refractivity contribution in [1.82, 2.24) is 19.9 Å². The van der Waals surface area contributed by atoms with Gasteiger partial charge in [-0.2, -0.15) is 5.10 Å². The van der Waals surface area contributed by atoms with Crippen LogP contribution in [-0.4, -0.2) is 44.5 Å². The van der Waals surface area contributed by atoms with Crippen molar-refractivity contribution in [2.75, 3.05) is 24.0 Å². The first-order valence-electron chi connectivity index (χ1n) is 9.34. The van der Waals surface area contributed by atoms with Gasteiger partial charge in [0.15, 0.2) is 11.6 Å². The molecule has 9 nitrogen and oxygen atoms in total. The number of benzene rings is 2. The first-order valence-corrected chi connectivity index (χ1v) is 9.34. The largest absolute Gasteiger partial charge is 0.491 e. The van der Waals surface area contributed by atoms with Crippen molar-refractivity contribution in [1.29, 1.82) is 0 Å². The van der Waals surface area contributed by atoms with Crippen LogP contribution in [0.4, 0.5) is 21.7 Å². The van der Waals surface area contributed by atoms with Gasteiger partial charge in [-0.1, -0.05) is 18.2 Å². The summed E-state index contributed by atoms with van der Waals surface area (Å²) < 4.78 is 18.7. The standard InChI is InChI=1S/C21H18FN7O2/c22-15-4-1-3-14(9-15)11-27-29-21-19-18(23-13-26-21)20(25-12-24-19)28-16-5-2-6-17(10-16)31-8-7-30/h1-6,9-13,30H,7-8H2,(H,23,26,29)(H,24,25,28)/b27-11+. The summed E-state index contributed by atoms with van der Waals surface area (Å²) in [5.74, 6) is 1.12. The van der Waals surface area contributed by atoms with Gasteiger partial charge in [0.2, 0.25) is 0 Å². The molecule has 2 heterocycles. The number of fused-ring (bicyclic) bond motifs is 1. The minimum atomic E-state index is -0.342. The van der Waals surface area contributed by atoms with Crippen LogP contribution in [0, 0.1) is 5.82 Å². The highest BCUT2D eigenvalue weighted by Crippen LogP contribution is 2.26. The van der Waals surface area contributed by atoms with E-state index >= 15 is 0 Å². The lowest BCUT2D eigenvalue weighted by Crippen LogP contribution is -2.03. The number of hydrogen-bond acceptors (Lipinski definition) is 9. The zero-order valence-corrected chi connectivity index (χ0v) is 16.2. The molecule has 0 bridgehead atoms. The molecule has 0 spiro atoms. The number of anilines is 3. The Kier molecular flexibility index (Phi) is 6.19. The Morgan fingerprint density at radius 1 is 0.968 bits per heavy atom. The lowest BCUT2D eigenvalue weighted by atomic mass is 10.2. The number of nitrogens with zero attached hydrogens (tertiary/aromatic N) is 5. The maximum absolute atomic E-state index is 13.3. The minimum Gasteiger partial charge on any atom is -0.491 e. The average Bonchev–Trinajstić information content (AvgIpc) is 2.78. The molecule has 0 radical (unpaired) electrons. The molecule has 0 aliphatic heterocycles. The van der Waals surface area contributed by atoms with Crippen molar-refractivity contribution in [2.24, 2.45) is 5.10 Å². The third-order valence-corrected chi connectivity index (χ3v) is 4.11. The number of ether oxygens (including phenoxy) is 1. The lowest BCUT2D eigenvalue weighted by molar-refractivity contribution is 0.201. The molecule has 0 saturated carbocycles. The summed E-state index contributed by atoms with van der Waals surface area (Å²) in [6.45, 7) is 0.140. The quantitative estimate of drug-likeness (QED) is 0.295. The highest BCUT2D eigenvalue weighted by molar-refractivity contribution is 5.93. The molecule has 0 aliphatic carbocycles. The molecule has 0 fully saturated rings. The van der Waals surface area contributed by atoms with Crippen LogP contribution in [0.15, 0.2) is 66.3 Å². The topological polar surface area (TPSA) is 117 Å². The second-order valence-corrected chi connectivity index (χ2v) is 6.29. The van der Waals surface area contributed by atoms with E-state index in [4.69, 9.17) is 9.84 Å². The smallest absolute Gasteiger partial charge is 0.176 e. The van der Waals surface area contributed by atoms with Gasteiger partial charge in [0, 0.05) is 11.8 Å². The summed E-state index contributed by atoms with van der Waals surface area (Å²) in [7, 11) is 0. The van der Waals surface area contributed by atoms with Crippen LogP contribution >= 0.6 is 0 Å². The monoisotopic (exact) mass is 419 g/mol. The zero-order valence-electron chi connectivity index (χ0n) is 16.2. The predicted molar refractivity (Wildman–Crippen MR) is 115 cm³/mol. The van der Waals surface area contributed by atoms with Crippen LogP contribution in [0.25, 0.3) is 11.0 Å². The molecule has 0 aliphatic rings. The fourth-order valence-electron chi connectivity index (χ4n) is 2.77. The molecule has 31 heavy (non-hydrogen) atoms. The molecule has 4 aromatic rings. The maximum atomic E-state index is 13.3. The number of hydrogen-bond donors (Lipinski definition) is 3. The fourth-order valence-corrected chi connectivity index (χ4v) is 2.77. The van der Waals surface area contributed by atoms with E-state index in [0.29, 0.717) is 34.0 Å². The van der Waals surface area contributed by atoms with E-state index in [1.807, 2.05) is 12.1 Å². The van der Waals surface area contributed by atoms with Gasteiger partial charge in [-0.25, -0.2) is 24.3 Å². The van der Waals surface area contributed by atoms with Gasteiger partial charge in [-0.3, -0.25) is 5.43 Å². The van der Waals surface area contributed by atoms with E-state index in [0.717, 1.165) is 5.69 Å². The molecule has 0 unspecified atom stereocenters. The Balaban J connectivity index is 1.56. The average molecular weight is 419 g/mol. The van der Waals surface area contributed by atoms with E-state index < -0.39 is 0 Å². The van der Waals surface area contributed by atoms with E-state index in [9.17, 15) is 4.39 Å².